The minimum Gasteiger partial charge on any atom is -0.481 e. The molecule has 0 aromatic heterocycles. The third kappa shape index (κ3) is 2.73. The van der Waals surface area contributed by atoms with Crippen molar-refractivity contribution >= 4 is 22.6 Å². The molecule has 0 saturated carbocycles. The number of aliphatic carboxylic acids is 1. The Bertz CT molecular complexity index is 269. The van der Waals surface area contributed by atoms with E-state index >= 15 is 0 Å². The molecule has 1 N–H and O–H groups in total. The Balaban J connectivity index is 2.67. The van der Waals surface area contributed by atoms with E-state index < -0.39 is 16.9 Å². The second-order valence-electron chi connectivity index (χ2n) is 2.85. The summed E-state index contributed by atoms with van der Waals surface area (Å²) in [7, 11) is -0.672. The minimum atomic E-state index is -0.906. The van der Waals surface area contributed by atoms with E-state index in [1.807, 2.05) is 23.0 Å². The second kappa shape index (κ2) is 4.28. The molecular weight excluding hydrogens is 188 g/mol. The number of hydrogen-bond acceptors (Lipinski definition) is 2. The Morgan fingerprint density at radius 1 is 1.38 bits per heavy atom. The molecule has 1 aliphatic rings. The molecule has 0 aliphatic carbocycles. The second-order valence-corrected chi connectivity index (χ2v) is 4.97. The average molecular weight is 200 g/mol. The maximum absolute atomic E-state index is 11.2. The van der Waals surface area contributed by atoms with Crippen LogP contribution in [0.5, 0.6) is 0 Å². The largest absolute Gasteiger partial charge is 0.481 e. The molecular formula is C9H12O3S. The van der Waals surface area contributed by atoms with Crippen molar-refractivity contribution in [2.45, 2.75) is 18.6 Å². The van der Waals surface area contributed by atoms with Gasteiger partial charge in [-0.25, -0.2) is 10.9 Å². The predicted octanol–water partition coefficient (Wildman–Crippen LogP) is 1.46. The van der Waals surface area contributed by atoms with Crippen LogP contribution in [0, 0.1) is 0 Å². The number of Topliss-reactive ketones (excluding diaryl/α,β-unsaturated/α-hetero) is 1. The summed E-state index contributed by atoms with van der Waals surface area (Å²) in [6.07, 6.45) is 3.67. The van der Waals surface area contributed by atoms with Crippen molar-refractivity contribution in [2.75, 3.05) is 0 Å². The van der Waals surface area contributed by atoms with E-state index in [0.717, 1.165) is 0 Å². The van der Waals surface area contributed by atoms with E-state index in [0.29, 0.717) is 0 Å². The molecule has 1 aliphatic heterocycles. The molecule has 0 aromatic rings. The van der Waals surface area contributed by atoms with Crippen LogP contribution in [0.3, 0.4) is 0 Å². The first-order valence-electron chi connectivity index (χ1n) is 3.96. The van der Waals surface area contributed by atoms with Crippen molar-refractivity contribution in [2.24, 2.45) is 0 Å². The lowest BCUT2D eigenvalue weighted by atomic mass is 10.2. The fraction of sp³-hybridized carbons (Fsp3) is 0.333. The lowest BCUT2D eigenvalue weighted by molar-refractivity contribution is -0.138. The topological polar surface area (TPSA) is 54.4 Å². The maximum atomic E-state index is 11.2. The Morgan fingerprint density at radius 3 is 2.31 bits per heavy atom. The third-order valence-corrected chi connectivity index (χ3v) is 4.12. The van der Waals surface area contributed by atoms with Gasteiger partial charge in [0.15, 0.2) is 0 Å². The van der Waals surface area contributed by atoms with Crippen LogP contribution in [-0.2, 0) is 9.59 Å². The molecule has 1 atom stereocenters. The third-order valence-electron chi connectivity index (χ3n) is 1.82. The molecule has 3 nitrogen and oxygen atoms in total. The van der Waals surface area contributed by atoms with Gasteiger partial charge >= 0.3 is 5.97 Å². The van der Waals surface area contributed by atoms with Gasteiger partial charge in [0.05, 0.1) is 11.7 Å². The number of rotatable bonds is 4. The first kappa shape index (κ1) is 10.1. The van der Waals surface area contributed by atoms with Gasteiger partial charge in [-0.3, -0.25) is 9.59 Å². The smallest absolute Gasteiger partial charge is 0.304 e. The van der Waals surface area contributed by atoms with Crippen LogP contribution in [-0.4, -0.2) is 22.1 Å². The number of carbonyl (C=O) groups excluding carboxylic acids is 1. The number of carbonyl (C=O) groups is 2. The summed E-state index contributed by atoms with van der Waals surface area (Å²) in [6, 6.07) is 0. The number of ketones is 1. The van der Waals surface area contributed by atoms with Crippen molar-refractivity contribution in [1.82, 2.24) is 0 Å². The summed E-state index contributed by atoms with van der Waals surface area (Å²) in [4.78, 5) is 21.6. The standard InChI is InChI=1S/C9H12O3S/c1-7(10)8(6-9(11)12)13-4-2-3-5-13/h2-5,8,13H,6H2,1H3,(H,11,12). The zero-order valence-electron chi connectivity index (χ0n) is 7.30. The lowest BCUT2D eigenvalue weighted by Gasteiger charge is -2.19. The molecule has 1 unspecified atom stereocenters. The van der Waals surface area contributed by atoms with Crippen LogP contribution in [0.25, 0.3) is 0 Å². The molecule has 0 amide bonds. The van der Waals surface area contributed by atoms with Crippen molar-refractivity contribution in [3.05, 3.63) is 23.0 Å². The maximum Gasteiger partial charge on any atom is 0.304 e. The minimum absolute atomic E-state index is 0.0373. The predicted molar refractivity (Wildman–Crippen MR) is 54.0 cm³/mol. The van der Waals surface area contributed by atoms with Gasteiger partial charge in [-0.15, -0.1) is 0 Å². The Kier molecular flexibility index (Phi) is 3.31. The molecule has 13 heavy (non-hydrogen) atoms. The fourth-order valence-corrected chi connectivity index (χ4v) is 3.08. The summed E-state index contributed by atoms with van der Waals surface area (Å²) in [5.41, 5.74) is 0. The van der Waals surface area contributed by atoms with Crippen LogP contribution in [0.2, 0.25) is 0 Å². The van der Waals surface area contributed by atoms with Crippen LogP contribution < -0.4 is 0 Å². The highest BCUT2D eigenvalue weighted by Crippen LogP contribution is 2.40. The monoisotopic (exact) mass is 200 g/mol. The van der Waals surface area contributed by atoms with Crippen molar-refractivity contribution in [3.63, 3.8) is 0 Å². The van der Waals surface area contributed by atoms with Gasteiger partial charge in [-0.1, -0.05) is 12.2 Å². The zero-order chi connectivity index (χ0) is 9.84. The lowest BCUT2D eigenvalue weighted by Crippen LogP contribution is -2.20. The van der Waals surface area contributed by atoms with Crippen LogP contribution in [0.1, 0.15) is 13.3 Å². The highest BCUT2D eigenvalue weighted by atomic mass is 32.2. The summed E-state index contributed by atoms with van der Waals surface area (Å²) in [5.74, 6) is -0.943. The summed E-state index contributed by atoms with van der Waals surface area (Å²) >= 11 is 0. The number of carboxylic acids is 1. The van der Waals surface area contributed by atoms with E-state index in [9.17, 15) is 9.59 Å². The average Bonchev–Trinajstić information content (AvgIpc) is 2.50. The first-order chi connectivity index (χ1) is 6.11. The van der Waals surface area contributed by atoms with Gasteiger partial charge in [-0.05, 0) is 17.7 Å². The van der Waals surface area contributed by atoms with Crippen molar-refractivity contribution in [3.8, 4) is 0 Å². The van der Waals surface area contributed by atoms with Crippen molar-refractivity contribution < 1.29 is 14.7 Å². The van der Waals surface area contributed by atoms with E-state index in [-0.39, 0.29) is 17.5 Å². The molecule has 0 fully saturated rings. The molecule has 0 bridgehead atoms. The van der Waals surface area contributed by atoms with Crippen LogP contribution >= 0.6 is 10.9 Å². The number of thiol groups is 1. The molecule has 4 heteroatoms. The summed E-state index contributed by atoms with van der Waals surface area (Å²) in [6.45, 7) is 1.45. The van der Waals surface area contributed by atoms with Gasteiger partial charge in [0.1, 0.15) is 5.78 Å². The molecule has 72 valence electrons. The van der Waals surface area contributed by atoms with E-state index in [1.165, 1.54) is 6.92 Å². The normalized spacial score (nSPS) is 19.0. The molecule has 0 aromatic carbocycles. The Hall–Kier alpha value is -1.03. The van der Waals surface area contributed by atoms with E-state index in [2.05, 4.69) is 0 Å². The molecule has 0 spiro atoms. The quantitative estimate of drug-likeness (QED) is 0.675. The number of hydrogen-bond donors (Lipinski definition) is 2. The Labute approximate surface area is 79.5 Å². The number of carboxylic acid groups (broad SMARTS) is 1. The summed E-state index contributed by atoms with van der Waals surface area (Å²) in [5, 5.41) is 12.1. The van der Waals surface area contributed by atoms with Gasteiger partial charge in [0, 0.05) is 0 Å². The highest BCUT2D eigenvalue weighted by molar-refractivity contribution is 8.23. The molecule has 1 heterocycles. The highest BCUT2D eigenvalue weighted by Gasteiger charge is 2.22. The van der Waals surface area contributed by atoms with E-state index in [1.54, 1.807) is 0 Å². The molecule has 1 rings (SSSR count). The van der Waals surface area contributed by atoms with Gasteiger partial charge < -0.3 is 5.11 Å². The molecule has 0 radical (unpaired) electrons. The molecule has 0 saturated heterocycles. The Morgan fingerprint density at radius 2 is 1.92 bits per heavy atom. The van der Waals surface area contributed by atoms with E-state index in [4.69, 9.17) is 5.11 Å². The fourth-order valence-electron chi connectivity index (χ4n) is 1.18. The van der Waals surface area contributed by atoms with Crippen LogP contribution in [0.4, 0.5) is 0 Å². The van der Waals surface area contributed by atoms with Gasteiger partial charge in [-0.2, -0.15) is 0 Å². The summed E-state index contributed by atoms with van der Waals surface area (Å²) < 4.78 is 0. The SMILES string of the molecule is CC(=O)C(CC(=O)O)[SH]1C=CC=C1. The van der Waals surface area contributed by atoms with Gasteiger partial charge in [0.25, 0.3) is 0 Å². The van der Waals surface area contributed by atoms with Crippen molar-refractivity contribution in [1.29, 1.82) is 0 Å². The zero-order valence-corrected chi connectivity index (χ0v) is 8.20. The number of allylic oxidation sites excluding steroid dienone is 2. The first-order valence-corrected chi connectivity index (χ1v) is 5.51. The van der Waals surface area contributed by atoms with Gasteiger partial charge in [0.2, 0.25) is 0 Å². The van der Waals surface area contributed by atoms with Crippen LogP contribution in [0.15, 0.2) is 23.0 Å².